The first-order valence-corrected chi connectivity index (χ1v) is 9.32. The molecule has 25 heavy (non-hydrogen) atoms. The first-order chi connectivity index (χ1) is 12.3. The van der Waals surface area contributed by atoms with Gasteiger partial charge in [0.25, 0.3) is 0 Å². The number of aromatic nitrogens is 2. The number of aliphatic hydroxyl groups is 1. The Morgan fingerprint density at radius 2 is 2.08 bits per heavy atom. The Bertz CT molecular complexity index is 639. The molecular weight excluding hydrogens is 314 g/mol. The van der Waals surface area contributed by atoms with Crippen molar-refractivity contribution in [3.8, 4) is 5.69 Å². The molecule has 1 aromatic carbocycles. The fourth-order valence-electron chi connectivity index (χ4n) is 3.24. The third kappa shape index (κ3) is 5.14. The first-order valence-electron chi connectivity index (χ1n) is 9.32. The normalized spacial score (nSPS) is 19.0. The summed E-state index contributed by atoms with van der Waals surface area (Å²) in [6.07, 6.45) is 7.64. The molecule has 1 N–H and O–H groups in total. The number of aryl methyl sites for hydroxylation is 1. The number of hydrogen-bond acceptors (Lipinski definition) is 4. The van der Waals surface area contributed by atoms with Crippen LogP contribution in [-0.2, 0) is 17.7 Å². The molecule has 0 aliphatic carbocycles. The number of ether oxygens (including phenoxy) is 1. The van der Waals surface area contributed by atoms with Gasteiger partial charge in [-0.05, 0) is 30.5 Å². The predicted molar refractivity (Wildman–Crippen MR) is 98.8 cm³/mol. The molecule has 1 unspecified atom stereocenters. The van der Waals surface area contributed by atoms with Gasteiger partial charge in [0.2, 0.25) is 0 Å². The first kappa shape index (κ1) is 18.1. The number of aliphatic hydroxyl groups excluding tert-OH is 1. The van der Waals surface area contributed by atoms with Crippen molar-refractivity contribution >= 4 is 0 Å². The Morgan fingerprint density at radius 3 is 2.84 bits per heavy atom. The Labute approximate surface area is 150 Å². The van der Waals surface area contributed by atoms with E-state index >= 15 is 0 Å². The lowest BCUT2D eigenvalue weighted by Gasteiger charge is -2.21. The molecule has 5 heteroatoms. The van der Waals surface area contributed by atoms with Crippen LogP contribution in [0.1, 0.15) is 30.9 Å². The van der Waals surface area contributed by atoms with Crippen LogP contribution in [0.5, 0.6) is 0 Å². The maximum Gasteiger partial charge on any atom is 0.0645 e. The van der Waals surface area contributed by atoms with Gasteiger partial charge in [0.05, 0.1) is 25.1 Å². The van der Waals surface area contributed by atoms with E-state index in [1.807, 2.05) is 10.9 Å². The molecule has 0 bridgehead atoms. The quantitative estimate of drug-likeness (QED) is 0.840. The second-order valence-corrected chi connectivity index (χ2v) is 6.92. The molecule has 1 atom stereocenters. The van der Waals surface area contributed by atoms with Gasteiger partial charge < -0.3 is 9.84 Å². The van der Waals surface area contributed by atoms with Crippen molar-refractivity contribution < 1.29 is 9.84 Å². The molecule has 1 fully saturated rings. The van der Waals surface area contributed by atoms with E-state index in [1.165, 1.54) is 24.0 Å². The Balaban J connectivity index is 1.61. The Morgan fingerprint density at radius 1 is 1.24 bits per heavy atom. The van der Waals surface area contributed by atoms with Crippen LogP contribution in [-0.4, -0.2) is 52.7 Å². The van der Waals surface area contributed by atoms with E-state index in [-0.39, 0.29) is 12.5 Å². The van der Waals surface area contributed by atoms with Crippen LogP contribution >= 0.6 is 0 Å². The minimum Gasteiger partial charge on any atom is -0.396 e. The fraction of sp³-hybridized carbons (Fsp3) is 0.550. The highest BCUT2D eigenvalue weighted by Gasteiger charge is 2.18. The van der Waals surface area contributed by atoms with Crippen LogP contribution < -0.4 is 0 Å². The van der Waals surface area contributed by atoms with Crippen LogP contribution in [0.15, 0.2) is 36.7 Å². The van der Waals surface area contributed by atoms with Crippen LogP contribution in [0.25, 0.3) is 5.69 Å². The topological polar surface area (TPSA) is 50.5 Å². The molecule has 1 saturated heterocycles. The summed E-state index contributed by atoms with van der Waals surface area (Å²) in [4.78, 5) is 2.34. The minimum atomic E-state index is 0.181. The van der Waals surface area contributed by atoms with Gasteiger partial charge in [0, 0.05) is 43.9 Å². The predicted octanol–water partition coefficient (Wildman–Crippen LogP) is 2.66. The molecule has 0 radical (unpaired) electrons. The molecule has 3 rings (SSSR count). The van der Waals surface area contributed by atoms with Crippen molar-refractivity contribution in [2.45, 2.75) is 32.7 Å². The van der Waals surface area contributed by atoms with Crippen molar-refractivity contribution in [2.24, 2.45) is 5.92 Å². The second-order valence-electron chi connectivity index (χ2n) is 6.92. The molecule has 136 valence electrons. The third-order valence-corrected chi connectivity index (χ3v) is 4.74. The minimum absolute atomic E-state index is 0.181. The summed E-state index contributed by atoms with van der Waals surface area (Å²) in [6, 6.07) is 8.68. The lowest BCUT2D eigenvalue weighted by atomic mass is 10.1. The van der Waals surface area contributed by atoms with Crippen LogP contribution in [0.2, 0.25) is 0 Å². The van der Waals surface area contributed by atoms with E-state index in [2.05, 4.69) is 47.4 Å². The van der Waals surface area contributed by atoms with Gasteiger partial charge in [-0.2, -0.15) is 5.10 Å². The monoisotopic (exact) mass is 343 g/mol. The average molecular weight is 343 g/mol. The van der Waals surface area contributed by atoms with Crippen molar-refractivity contribution in [1.82, 2.24) is 14.7 Å². The zero-order valence-electron chi connectivity index (χ0n) is 15.1. The largest absolute Gasteiger partial charge is 0.396 e. The molecular formula is C20H29N3O2. The van der Waals surface area contributed by atoms with Crippen LogP contribution in [0, 0.1) is 5.92 Å². The summed E-state index contributed by atoms with van der Waals surface area (Å²) < 4.78 is 7.50. The van der Waals surface area contributed by atoms with Gasteiger partial charge in [0.15, 0.2) is 0 Å². The van der Waals surface area contributed by atoms with Gasteiger partial charge in [0.1, 0.15) is 0 Å². The number of rotatable bonds is 7. The van der Waals surface area contributed by atoms with E-state index in [1.54, 1.807) is 0 Å². The van der Waals surface area contributed by atoms with E-state index in [9.17, 15) is 5.11 Å². The maximum absolute atomic E-state index is 9.41. The van der Waals surface area contributed by atoms with Crippen molar-refractivity contribution in [2.75, 3.05) is 32.9 Å². The molecule has 0 spiro atoms. The van der Waals surface area contributed by atoms with Gasteiger partial charge in [-0.15, -0.1) is 0 Å². The van der Waals surface area contributed by atoms with Crippen LogP contribution in [0.4, 0.5) is 0 Å². The molecule has 5 nitrogen and oxygen atoms in total. The smallest absolute Gasteiger partial charge is 0.0645 e. The summed E-state index contributed by atoms with van der Waals surface area (Å²) >= 11 is 0. The fourth-order valence-corrected chi connectivity index (χ4v) is 3.24. The van der Waals surface area contributed by atoms with Gasteiger partial charge in [-0.1, -0.05) is 25.5 Å². The lowest BCUT2D eigenvalue weighted by molar-refractivity contribution is 0.0958. The van der Waals surface area contributed by atoms with Gasteiger partial charge in [-0.25, -0.2) is 4.68 Å². The third-order valence-electron chi connectivity index (χ3n) is 4.74. The maximum atomic E-state index is 9.41. The summed E-state index contributed by atoms with van der Waals surface area (Å²) in [5, 5.41) is 13.9. The number of hydrogen-bond donors (Lipinski definition) is 1. The zero-order valence-corrected chi connectivity index (χ0v) is 15.1. The molecule has 1 aromatic heterocycles. The Hall–Kier alpha value is -1.69. The SMILES string of the molecule is CCCCc1ccc(-n2cc(CN3CCOCC(CO)C3)cn2)cc1. The highest BCUT2D eigenvalue weighted by molar-refractivity contribution is 5.34. The number of nitrogens with zero attached hydrogens (tertiary/aromatic N) is 3. The standard InChI is InChI=1S/C20H29N3O2/c1-2-3-4-17-5-7-20(8-6-17)23-14-18(11-21-23)12-22-9-10-25-16-19(13-22)15-24/h5-8,11,14,19,24H,2-4,9-10,12-13,15-16H2,1H3. The molecule has 2 heterocycles. The Kier molecular flexibility index (Phi) is 6.62. The van der Waals surface area contributed by atoms with E-state index in [4.69, 9.17) is 4.74 Å². The molecule has 1 aliphatic heterocycles. The van der Waals surface area contributed by atoms with Gasteiger partial charge >= 0.3 is 0 Å². The zero-order chi connectivity index (χ0) is 17.5. The van der Waals surface area contributed by atoms with E-state index in [0.29, 0.717) is 6.61 Å². The van der Waals surface area contributed by atoms with E-state index in [0.717, 1.165) is 38.3 Å². The molecule has 2 aromatic rings. The number of unbranched alkanes of at least 4 members (excludes halogenated alkanes) is 1. The lowest BCUT2D eigenvalue weighted by Crippen LogP contribution is -2.30. The van der Waals surface area contributed by atoms with Crippen molar-refractivity contribution in [3.63, 3.8) is 0 Å². The summed E-state index contributed by atoms with van der Waals surface area (Å²) in [6.45, 7) is 6.38. The molecule has 1 aliphatic rings. The average Bonchev–Trinajstić information content (AvgIpc) is 2.98. The second kappa shape index (κ2) is 9.13. The summed E-state index contributed by atoms with van der Waals surface area (Å²) in [5.41, 5.74) is 3.67. The number of benzene rings is 1. The van der Waals surface area contributed by atoms with Crippen molar-refractivity contribution in [3.05, 3.63) is 47.8 Å². The van der Waals surface area contributed by atoms with E-state index < -0.39 is 0 Å². The highest BCUT2D eigenvalue weighted by Crippen LogP contribution is 2.14. The highest BCUT2D eigenvalue weighted by atomic mass is 16.5. The van der Waals surface area contributed by atoms with Crippen molar-refractivity contribution in [1.29, 1.82) is 0 Å². The van der Waals surface area contributed by atoms with Gasteiger partial charge in [-0.3, -0.25) is 4.90 Å². The summed E-state index contributed by atoms with van der Waals surface area (Å²) in [5.74, 6) is 0.202. The molecule has 0 saturated carbocycles. The summed E-state index contributed by atoms with van der Waals surface area (Å²) in [7, 11) is 0. The molecule has 0 amide bonds. The van der Waals surface area contributed by atoms with Crippen LogP contribution in [0.3, 0.4) is 0 Å².